The van der Waals surface area contributed by atoms with Crippen LogP contribution in [-0.2, 0) is 11.2 Å². The van der Waals surface area contributed by atoms with Gasteiger partial charge in [0.1, 0.15) is 0 Å². The SMILES string of the molecule is O=C(Nc1nc(CC(=O)N2CCCCCC2)cs1)c1ncccn1. The fourth-order valence-corrected chi connectivity index (χ4v) is 3.31. The molecule has 2 aromatic heterocycles. The monoisotopic (exact) mass is 345 g/mol. The number of nitrogens with one attached hydrogen (secondary N) is 1. The molecule has 1 fully saturated rings. The molecule has 1 saturated heterocycles. The Balaban J connectivity index is 1.57. The molecule has 0 aromatic carbocycles. The highest BCUT2D eigenvalue weighted by Gasteiger charge is 2.18. The molecule has 0 saturated carbocycles. The Morgan fingerprint density at radius 1 is 1.12 bits per heavy atom. The van der Waals surface area contributed by atoms with Gasteiger partial charge in [0, 0.05) is 30.9 Å². The van der Waals surface area contributed by atoms with Crippen molar-refractivity contribution < 1.29 is 9.59 Å². The molecule has 1 N–H and O–H groups in total. The van der Waals surface area contributed by atoms with Crippen molar-refractivity contribution in [1.82, 2.24) is 19.9 Å². The number of aromatic nitrogens is 3. The van der Waals surface area contributed by atoms with Gasteiger partial charge in [-0.3, -0.25) is 14.9 Å². The van der Waals surface area contributed by atoms with E-state index in [1.54, 1.807) is 11.4 Å². The van der Waals surface area contributed by atoms with Crippen molar-refractivity contribution >= 4 is 28.3 Å². The predicted molar refractivity (Wildman–Crippen MR) is 90.9 cm³/mol. The van der Waals surface area contributed by atoms with E-state index in [1.807, 2.05) is 4.90 Å². The zero-order valence-corrected chi connectivity index (χ0v) is 14.1. The van der Waals surface area contributed by atoms with Crippen molar-refractivity contribution in [3.8, 4) is 0 Å². The van der Waals surface area contributed by atoms with Crippen LogP contribution in [0.4, 0.5) is 5.13 Å². The third kappa shape index (κ3) is 4.35. The Morgan fingerprint density at radius 2 is 1.83 bits per heavy atom. The van der Waals surface area contributed by atoms with E-state index in [9.17, 15) is 9.59 Å². The van der Waals surface area contributed by atoms with Crippen LogP contribution in [0.15, 0.2) is 23.8 Å². The average molecular weight is 345 g/mol. The fraction of sp³-hybridized carbons (Fsp3) is 0.438. The number of hydrogen-bond donors (Lipinski definition) is 1. The third-order valence-corrected chi connectivity index (χ3v) is 4.64. The highest BCUT2D eigenvalue weighted by atomic mass is 32.1. The summed E-state index contributed by atoms with van der Waals surface area (Å²) >= 11 is 1.30. The van der Waals surface area contributed by atoms with E-state index in [2.05, 4.69) is 20.3 Å². The molecule has 7 nitrogen and oxygen atoms in total. The maximum atomic E-state index is 12.4. The maximum absolute atomic E-state index is 12.4. The first-order chi connectivity index (χ1) is 11.7. The number of carbonyl (C=O) groups excluding carboxylic acids is 2. The lowest BCUT2D eigenvalue weighted by Crippen LogP contribution is -2.33. The molecule has 0 spiro atoms. The molecular weight excluding hydrogens is 326 g/mol. The number of likely N-dealkylation sites (tertiary alicyclic amines) is 1. The van der Waals surface area contributed by atoms with E-state index < -0.39 is 5.91 Å². The zero-order chi connectivity index (χ0) is 16.8. The summed E-state index contributed by atoms with van der Waals surface area (Å²) in [7, 11) is 0. The van der Waals surface area contributed by atoms with E-state index in [4.69, 9.17) is 0 Å². The molecule has 0 unspecified atom stereocenters. The molecule has 24 heavy (non-hydrogen) atoms. The van der Waals surface area contributed by atoms with Gasteiger partial charge in [0.15, 0.2) is 5.13 Å². The number of hydrogen-bond acceptors (Lipinski definition) is 6. The van der Waals surface area contributed by atoms with Gasteiger partial charge >= 0.3 is 0 Å². The van der Waals surface area contributed by atoms with Gasteiger partial charge in [-0.2, -0.15) is 0 Å². The van der Waals surface area contributed by atoms with Gasteiger partial charge in [0.05, 0.1) is 12.1 Å². The lowest BCUT2D eigenvalue weighted by Gasteiger charge is -2.19. The highest BCUT2D eigenvalue weighted by molar-refractivity contribution is 7.14. The molecule has 1 aliphatic heterocycles. The first-order valence-electron chi connectivity index (χ1n) is 8.03. The number of amides is 2. The second-order valence-electron chi connectivity index (χ2n) is 5.64. The first-order valence-corrected chi connectivity index (χ1v) is 8.91. The molecule has 0 bridgehead atoms. The number of rotatable bonds is 4. The molecule has 8 heteroatoms. The molecule has 2 aromatic rings. The third-order valence-electron chi connectivity index (χ3n) is 3.83. The van der Waals surface area contributed by atoms with E-state index in [0.29, 0.717) is 10.8 Å². The molecule has 126 valence electrons. The van der Waals surface area contributed by atoms with Crippen LogP contribution in [0, 0.1) is 0 Å². The second kappa shape index (κ2) is 7.96. The van der Waals surface area contributed by atoms with Crippen LogP contribution in [0.1, 0.15) is 42.0 Å². The number of carbonyl (C=O) groups is 2. The molecule has 0 aliphatic carbocycles. The van der Waals surface area contributed by atoms with Gasteiger partial charge in [-0.05, 0) is 18.9 Å². The summed E-state index contributed by atoms with van der Waals surface area (Å²) in [6.45, 7) is 1.66. The summed E-state index contributed by atoms with van der Waals surface area (Å²) in [4.78, 5) is 38.4. The van der Waals surface area contributed by atoms with Crippen LogP contribution in [0.3, 0.4) is 0 Å². The minimum atomic E-state index is -0.407. The van der Waals surface area contributed by atoms with E-state index in [-0.39, 0.29) is 18.2 Å². The topological polar surface area (TPSA) is 88.1 Å². The number of thiazole rings is 1. The molecule has 2 amide bonds. The Hall–Kier alpha value is -2.35. The molecule has 1 aliphatic rings. The van der Waals surface area contributed by atoms with Crippen molar-refractivity contribution in [2.45, 2.75) is 32.1 Å². The first kappa shape index (κ1) is 16.5. The Labute approximate surface area is 144 Å². The van der Waals surface area contributed by atoms with Gasteiger partial charge in [0.2, 0.25) is 11.7 Å². The van der Waals surface area contributed by atoms with Crippen LogP contribution in [-0.4, -0.2) is 44.8 Å². The Morgan fingerprint density at radius 3 is 2.54 bits per heavy atom. The molecule has 0 atom stereocenters. The summed E-state index contributed by atoms with van der Waals surface area (Å²) < 4.78 is 0. The normalized spacial score (nSPS) is 14.9. The zero-order valence-electron chi connectivity index (χ0n) is 13.3. The van der Waals surface area contributed by atoms with Crippen LogP contribution >= 0.6 is 11.3 Å². The Bertz CT molecular complexity index is 696. The van der Waals surface area contributed by atoms with Crippen molar-refractivity contribution in [1.29, 1.82) is 0 Å². The summed E-state index contributed by atoms with van der Waals surface area (Å²) in [6, 6.07) is 1.65. The minimum absolute atomic E-state index is 0.0925. The summed E-state index contributed by atoms with van der Waals surface area (Å²) in [5, 5.41) is 4.91. The van der Waals surface area contributed by atoms with Gasteiger partial charge in [-0.1, -0.05) is 12.8 Å². The standard InChI is InChI=1S/C16H19N5O2S/c22-13(21-8-3-1-2-4-9-21)10-12-11-24-16(19-12)20-15(23)14-17-6-5-7-18-14/h5-7,11H,1-4,8-10H2,(H,19,20,23). The van der Waals surface area contributed by atoms with Crippen LogP contribution in [0.25, 0.3) is 0 Å². The quantitative estimate of drug-likeness (QED) is 0.917. The largest absolute Gasteiger partial charge is 0.342 e. The van der Waals surface area contributed by atoms with Gasteiger partial charge in [0.25, 0.3) is 5.91 Å². The van der Waals surface area contributed by atoms with Crippen LogP contribution < -0.4 is 5.32 Å². The summed E-state index contributed by atoms with van der Waals surface area (Å²) in [6.07, 6.45) is 7.82. The highest BCUT2D eigenvalue weighted by Crippen LogP contribution is 2.18. The van der Waals surface area contributed by atoms with Crippen molar-refractivity contribution in [2.75, 3.05) is 18.4 Å². The maximum Gasteiger partial charge on any atom is 0.295 e. The van der Waals surface area contributed by atoms with Crippen LogP contribution in [0.2, 0.25) is 0 Å². The van der Waals surface area contributed by atoms with Gasteiger partial charge in [-0.25, -0.2) is 15.0 Å². The van der Waals surface area contributed by atoms with E-state index in [0.717, 1.165) is 25.9 Å². The smallest absolute Gasteiger partial charge is 0.295 e. The van der Waals surface area contributed by atoms with Crippen molar-refractivity contribution in [3.05, 3.63) is 35.4 Å². The lowest BCUT2D eigenvalue weighted by atomic mass is 10.2. The fourth-order valence-electron chi connectivity index (χ4n) is 2.60. The number of anilines is 1. The van der Waals surface area contributed by atoms with Crippen molar-refractivity contribution in [2.24, 2.45) is 0 Å². The minimum Gasteiger partial charge on any atom is -0.342 e. The van der Waals surface area contributed by atoms with Gasteiger partial charge < -0.3 is 4.90 Å². The lowest BCUT2D eigenvalue weighted by molar-refractivity contribution is -0.130. The molecule has 3 rings (SSSR count). The van der Waals surface area contributed by atoms with Crippen LogP contribution in [0.5, 0.6) is 0 Å². The summed E-state index contributed by atoms with van der Waals surface area (Å²) in [5.41, 5.74) is 0.679. The second-order valence-corrected chi connectivity index (χ2v) is 6.50. The average Bonchev–Trinajstić information content (AvgIpc) is 2.86. The molecule has 3 heterocycles. The van der Waals surface area contributed by atoms with E-state index >= 15 is 0 Å². The molecule has 0 radical (unpaired) electrons. The Kier molecular flexibility index (Phi) is 5.47. The van der Waals surface area contributed by atoms with Crippen molar-refractivity contribution in [3.63, 3.8) is 0 Å². The summed E-state index contributed by atoms with van der Waals surface area (Å²) in [5.74, 6) is -0.211. The van der Waals surface area contributed by atoms with Gasteiger partial charge in [-0.15, -0.1) is 11.3 Å². The molecular formula is C16H19N5O2S. The predicted octanol–water partition coefficient (Wildman–Crippen LogP) is 2.13. The number of nitrogens with zero attached hydrogens (tertiary/aromatic N) is 4. The van der Waals surface area contributed by atoms with E-state index in [1.165, 1.54) is 36.6 Å².